The van der Waals surface area contributed by atoms with Gasteiger partial charge in [-0.25, -0.2) is 0 Å². The summed E-state index contributed by atoms with van der Waals surface area (Å²) >= 11 is 44.5. The highest BCUT2D eigenvalue weighted by atomic mass is 33.5. The molecule has 204 valence electrons. The predicted octanol–water partition coefficient (Wildman–Crippen LogP) is 11.0. The second-order valence-electron chi connectivity index (χ2n) is 5.36. The van der Waals surface area contributed by atoms with E-state index in [9.17, 15) is 0 Å². The molecule has 0 amide bonds. The molecule has 0 aromatic heterocycles. The second kappa shape index (κ2) is 28.4. The summed E-state index contributed by atoms with van der Waals surface area (Å²) in [4.78, 5) is 0. The molecule has 1 saturated heterocycles. The molecule has 3 atom stereocenters. The van der Waals surface area contributed by atoms with E-state index < -0.39 is 0 Å². The number of hydrogen-bond acceptors (Lipinski definition) is 19. The molecule has 0 saturated carbocycles. The van der Waals surface area contributed by atoms with Gasteiger partial charge in [0.25, 0.3) is 0 Å². The van der Waals surface area contributed by atoms with Gasteiger partial charge in [0.1, 0.15) is 0 Å². The molecule has 0 spiro atoms. The van der Waals surface area contributed by atoms with Gasteiger partial charge in [0.2, 0.25) is 0 Å². The van der Waals surface area contributed by atoms with Crippen molar-refractivity contribution in [2.45, 2.75) is 22.9 Å². The van der Waals surface area contributed by atoms with Crippen molar-refractivity contribution in [2.75, 3.05) is 51.5 Å². The average Bonchev–Trinajstić information content (AvgIpc) is 2.80. The maximum absolute atomic E-state index is 4.54. The fourth-order valence-corrected chi connectivity index (χ4v) is 26.5. The summed E-state index contributed by atoms with van der Waals surface area (Å²) in [5.41, 5.74) is 0. The molecule has 3 unspecified atom stereocenters. The molecular formula is C15H30S19. The van der Waals surface area contributed by atoms with Crippen molar-refractivity contribution in [3.8, 4) is 0 Å². The largest absolute Gasteiger partial charge is 0.168 e. The van der Waals surface area contributed by atoms with Crippen LogP contribution in [-0.2, 0) is 0 Å². The zero-order valence-electron chi connectivity index (χ0n) is 17.9. The fraction of sp³-hybridized carbons (Fsp3) is 1.00. The molecule has 19 heteroatoms. The zero-order chi connectivity index (χ0) is 24.9. The third-order valence-corrected chi connectivity index (χ3v) is 27.1. The van der Waals surface area contributed by atoms with Crippen LogP contribution in [0.2, 0.25) is 0 Å². The molecule has 34 heavy (non-hydrogen) atoms. The average molecular weight is 820 g/mol. The van der Waals surface area contributed by atoms with Crippen LogP contribution in [0.3, 0.4) is 0 Å². The van der Waals surface area contributed by atoms with E-state index in [0.717, 1.165) is 40.2 Å². The van der Waals surface area contributed by atoms with Crippen LogP contribution >= 0.6 is 224 Å². The monoisotopic (exact) mass is 818 g/mol. The third kappa shape index (κ3) is 19.8. The van der Waals surface area contributed by atoms with Gasteiger partial charge < -0.3 is 0 Å². The normalized spacial score (nSPS) is 17.1. The molecule has 1 aliphatic rings. The highest BCUT2D eigenvalue weighted by Crippen LogP contribution is 2.48. The molecule has 1 fully saturated rings. The van der Waals surface area contributed by atoms with E-state index in [1.54, 1.807) is 0 Å². The molecule has 1 heterocycles. The molecule has 0 aliphatic carbocycles. The van der Waals surface area contributed by atoms with Gasteiger partial charge in [-0.15, -0.1) is 129 Å². The van der Waals surface area contributed by atoms with Crippen molar-refractivity contribution in [3.05, 3.63) is 0 Å². The van der Waals surface area contributed by atoms with Crippen LogP contribution < -0.4 is 0 Å². The summed E-state index contributed by atoms with van der Waals surface area (Å²) in [6.07, 6.45) is 0. The minimum absolute atomic E-state index is 0.487. The van der Waals surface area contributed by atoms with Gasteiger partial charge >= 0.3 is 0 Å². The first-order valence-corrected chi connectivity index (χ1v) is 28.0. The van der Waals surface area contributed by atoms with Gasteiger partial charge in [-0.1, -0.05) is 21.6 Å². The van der Waals surface area contributed by atoms with Crippen molar-refractivity contribution in [3.63, 3.8) is 0 Å². The second-order valence-corrected chi connectivity index (χ2v) is 28.7. The highest BCUT2D eigenvalue weighted by molar-refractivity contribution is 9.10. The molecule has 0 bridgehead atoms. The zero-order valence-corrected chi connectivity index (χ0v) is 33.8. The number of rotatable bonds is 25. The molecule has 0 aromatic rings. The smallest absolute Gasteiger partial charge is 0.0729 e. The first-order valence-electron chi connectivity index (χ1n) is 9.39. The molecule has 0 radical (unpaired) electrons. The fourth-order valence-electron chi connectivity index (χ4n) is 1.97. The Bertz CT molecular complexity index is 436. The van der Waals surface area contributed by atoms with Crippen LogP contribution in [0.15, 0.2) is 0 Å². The molecule has 0 aromatic carbocycles. The lowest BCUT2D eigenvalue weighted by atomic mass is 10.9. The minimum atomic E-state index is 0.487. The van der Waals surface area contributed by atoms with Gasteiger partial charge in [-0.2, -0.15) is 63.1 Å². The van der Waals surface area contributed by atoms with E-state index in [4.69, 9.17) is 0 Å². The van der Waals surface area contributed by atoms with Gasteiger partial charge in [-0.3, -0.25) is 0 Å². The Morgan fingerprint density at radius 1 is 0.559 bits per heavy atom. The van der Waals surface area contributed by atoms with Crippen molar-refractivity contribution >= 4 is 224 Å². The molecule has 0 N–H and O–H groups in total. The summed E-state index contributed by atoms with van der Waals surface area (Å²) in [7, 11) is 5.91. The lowest BCUT2D eigenvalue weighted by Crippen LogP contribution is -2.17. The van der Waals surface area contributed by atoms with E-state index in [0.29, 0.717) is 18.3 Å². The first-order chi connectivity index (χ1) is 16.7. The summed E-state index contributed by atoms with van der Waals surface area (Å²) in [6, 6.07) is 0. The summed E-state index contributed by atoms with van der Waals surface area (Å²) in [5, 5.41) is 8.87. The molecule has 1 rings (SSSR count). The van der Waals surface area contributed by atoms with Crippen LogP contribution in [0.5, 0.6) is 0 Å². The SMILES string of the molecule is SCSC(SCS)C(SCS)SCSC(SCS)C(SCS)SCSSSCSCC1SCS1. The Balaban J connectivity index is 2.37. The van der Waals surface area contributed by atoms with Crippen molar-refractivity contribution in [2.24, 2.45) is 0 Å². The van der Waals surface area contributed by atoms with Crippen molar-refractivity contribution < 1.29 is 0 Å². The standard InChI is InChI=1S/C15H30S19/c16-2-22-12(23-3-17)13(24-4-18)29-9-30-14(25-5-19)15(26-6-20)31-10-33-34-32-7-21-1-11-27-8-28-11/h11-20H,1-10H2. The number of hydrogen-bond donors (Lipinski definition) is 5. The van der Waals surface area contributed by atoms with Crippen LogP contribution in [0.4, 0.5) is 0 Å². The van der Waals surface area contributed by atoms with Crippen LogP contribution in [0.1, 0.15) is 0 Å². The lowest BCUT2D eigenvalue weighted by Gasteiger charge is -2.27. The Hall–Kier alpha value is 6.65. The number of thiol groups is 5. The first kappa shape index (κ1) is 38.7. The maximum atomic E-state index is 4.54. The Labute approximate surface area is 293 Å². The van der Waals surface area contributed by atoms with Gasteiger partial charge in [0.05, 0.1) is 33.1 Å². The molecule has 1 aliphatic heterocycles. The van der Waals surface area contributed by atoms with Crippen LogP contribution in [0, 0.1) is 0 Å². The summed E-state index contributed by atoms with van der Waals surface area (Å²) in [5.74, 6) is 1.29. The Morgan fingerprint density at radius 3 is 1.38 bits per heavy atom. The van der Waals surface area contributed by atoms with E-state index >= 15 is 0 Å². The quantitative estimate of drug-likeness (QED) is 0.0257. The van der Waals surface area contributed by atoms with E-state index in [1.807, 2.05) is 102 Å². The topological polar surface area (TPSA) is 0 Å². The Morgan fingerprint density at radius 2 is 0.971 bits per heavy atom. The summed E-state index contributed by atoms with van der Waals surface area (Å²) in [6.45, 7) is 0. The predicted molar refractivity (Wildman–Crippen MR) is 219 cm³/mol. The molecule has 0 nitrogen and oxygen atoms in total. The van der Waals surface area contributed by atoms with Gasteiger partial charge in [0, 0.05) is 41.3 Å². The molecular weight excluding hydrogens is 789 g/mol. The van der Waals surface area contributed by atoms with Crippen molar-refractivity contribution in [1.82, 2.24) is 0 Å². The van der Waals surface area contributed by atoms with E-state index in [2.05, 4.69) is 122 Å². The van der Waals surface area contributed by atoms with E-state index in [1.165, 1.54) is 15.9 Å². The van der Waals surface area contributed by atoms with Gasteiger partial charge in [-0.05, 0) is 9.83 Å². The minimum Gasteiger partial charge on any atom is -0.168 e. The number of thioether (sulfide) groups is 11. The highest BCUT2D eigenvalue weighted by Gasteiger charge is 2.26. The maximum Gasteiger partial charge on any atom is 0.0729 e. The third-order valence-electron chi connectivity index (χ3n) is 3.37. The van der Waals surface area contributed by atoms with Crippen molar-refractivity contribution in [1.29, 1.82) is 0 Å². The van der Waals surface area contributed by atoms with E-state index in [-0.39, 0.29) is 0 Å². The lowest BCUT2D eigenvalue weighted by molar-refractivity contribution is 1.35. The summed E-state index contributed by atoms with van der Waals surface area (Å²) < 4.78 is 2.85. The van der Waals surface area contributed by atoms with Gasteiger partial charge in [0.15, 0.2) is 0 Å². The van der Waals surface area contributed by atoms with Crippen LogP contribution in [-0.4, -0.2) is 74.4 Å². The Kier molecular flexibility index (Phi) is 32.3. The van der Waals surface area contributed by atoms with Crippen LogP contribution in [0.25, 0.3) is 0 Å².